The van der Waals surface area contributed by atoms with Gasteiger partial charge in [0.2, 0.25) is 0 Å². The number of nitrogens with zero attached hydrogens (tertiary/aromatic N) is 2. The average Bonchev–Trinajstić information content (AvgIpc) is 2.47. The number of methoxy groups -OCH3 is 1. The van der Waals surface area contributed by atoms with Crippen LogP contribution in [0.3, 0.4) is 0 Å². The number of carbonyl (C=O) groups excluding carboxylic acids is 1. The number of para-hydroxylation sites is 1. The van der Waals surface area contributed by atoms with Gasteiger partial charge >= 0.3 is 5.97 Å². The Morgan fingerprint density at radius 2 is 2.16 bits per heavy atom. The normalized spacial score (nSPS) is 10.7. The van der Waals surface area contributed by atoms with Gasteiger partial charge in [-0.3, -0.25) is 0 Å². The zero-order chi connectivity index (χ0) is 14.3. The van der Waals surface area contributed by atoms with Crippen molar-refractivity contribution in [3.05, 3.63) is 41.5 Å². The summed E-state index contributed by atoms with van der Waals surface area (Å²) >= 11 is 0. The highest BCUT2D eigenvalue weighted by Crippen LogP contribution is 2.18. The Morgan fingerprint density at radius 1 is 1.47 bits per heavy atom. The molecule has 0 radical (unpaired) electrons. The molecule has 0 bridgehead atoms. The molecule has 0 aliphatic carbocycles. The van der Waals surface area contributed by atoms with Crippen LogP contribution < -0.4 is 4.90 Å². The lowest BCUT2D eigenvalue weighted by atomic mass is 10.1. The van der Waals surface area contributed by atoms with Crippen LogP contribution in [-0.4, -0.2) is 26.7 Å². The highest BCUT2D eigenvalue weighted by molar-refractivity contribution is 5.88. The summed E-state index contributed by atoms with van der Waals surface area (Å²) in [6.45, 7) is 2.46. The minimum atomic E-state index is -0.301. The van der Waals surface area contributed by atoms with Crippen LogP contribution in [0.5, 0.6) is 0 Å². The minimum Gasteiger partial charge on any atom is -0.466 e. The van der Waals surface area contributed by atoms with Crippen molar-refractivity contribution in [2.24, 2.45) is 0 Å². The van der Waals surface area contributed by atoms with Crippen molar-refractivity contribution in [1.29, 1.82) is 5.26 Å². The molecule has 0 atom stereocenters. The Hall–Kier alpha value is -2.28. The van der Waals surface area contributed by atoms with E-state index in [9.17, 15) is 4.79 Å². The van der Waals surface area contributed by atoms with E-state index < -0.39 is 0 Å². The van der Waals surface area contributed by atoms with Gasteiger partial charge < -0.3 is 9.64 Å². The molecule has 0 N–H and O–H groups in total. The van der Waals surface area contributed by atoms with E-state index in [0.29, 0.717) is 24.1 Å². The van der Waals surface area contributed by atoms with E-state index in [1.807, 2.05) is 43.1 Å². The molecule has 1 aromatic carbocycles. The van der Waals surface area contributed by atoms with Crippen LogP contribution in [0.1, 0.15) is 18.9 Å². The lowest BCUT2D eigenvalue weighted by molar-refractivity contribution is -0.136. The number of ether oxygens (including phenoxy) is 1. The summed E-state index contributed by atoms with van der Waals surface area (Å²) in [6, 6.07) is 9.53. The van der Waals surface area contributed by atoms with Gasteiger partial charge in [0.1, 0.15) is 6.07 Å². The lowest BCUT2D eigenvalue weighted by Crippen LogP contribution is -2.19. The van der Waals surface area contributed by atoms with Crippen LogP contribution in [0.4, 0.5) is 5.69 Å². The van der Waals surface area contributed by atoms with Gasteiger partial charge in [0.15, 0.2) is 0 Å². The molecule has 0 spiro atoms. The van der Waals surface area contributed by atoms with E-state index in [0.717, 1.165) is 5.69 Å². The fraction of sp³-hybridized carbons (Fsp3) is 0.333. The first-order valence-corrected chi connectivity index (χ1v) is 6.11. The van der Waals surface area contributed by atoms with Gasteiger partial charge in [-0.25, -0.2) is 4.79 Å². The summed E-state index contributed by atoms with van der Waals surface area (Å²) in [4.78, 5) is 13.4. The van der Waals surface area contributed by atoms with E-state index >= 15 is 0 Å². The number of rotatable bonds is 5. The van der Waals surface area contributed by atoms with Gasteiger partial charge in [-0.05, 0) is 18.6 Å². The molecule has 0 aliphatic heterocycles. The van der Waals surface area contributed by atoms with Crippen molar-refractivity contribution in [3.63, 3.8) is 0 Å². The van der Waals surface area contributed by atoms with Crippen LogP contribution >= 0.6 is 0 Å². The Kier molecular flexibility index (Phi) is 5.62. The predicted molar refractivity (Wildman–Crippen MR) is 74.8 cm³/mol. The number of nitriles is 1. The molecule has 0 heterocycles. The molecular weight excluding hydrogens is 240 g/mol. The molecule has 0 aliphatic rings. The first kappa shape index (κ1) is 14.8. The largest absolute Gasteiger partial charge is 0.466 e. The zero-order valence-corrected chi connectivity index (χ0v) is 11.5. The first-order chi connectivity index (χ1) is 9.13. The van der Waals surface area contributed by atoms with Crippen LogP contribution in [0.2, 0.25) is 0 Å². The second kappa shape index (κ2) is 7.22. The summed E-state index contributed by atoms with van der Waals surface area (Å²) in [5.74, 6) is -0.301. The summed E-state index contributed by atoms with van der Waals surface area (Å²) in [7, 11) is 3.26. The van der Waals surface area contributed by atoms with Crippen LogP contribution in [0, 0.1) is 11.3 Å². The number of hydrogen-bond donors (Lipinski definition) is 0. The molecule has 0 fully saturated rings. The van der Waals surface area contributed by atoms with Crippen molar-refractivity contribution < 1.29 is 9.53 Å². The molecule has 0 amide bonds. The second-order valence-corrected chi connectivity index (χ2v) is 4.08. The lowest BCUT2D eigenvalue weighted by Gasteiger charge is -2.19. The molecule has 0 saturated carbocycles. The molecule has 1 aromatic rings. The molecular formula is C15H18N2O2. The summed E-state index contributed by atoms with van der Waals surface area (Å²) < 4.78 is 4.71. The average molecular weight is 258 g/mol. The number of hydrogen-bond acceptors (Lipinski definition) is 4. The van der Waals surface area contributed by atoms with Crippen LogP contribution in [0.25, 0.3) is 0 Å². The van der Waals surface area contributed by atoms with Gasteiger partial charge in [0.25, 0.3) is 0 Å². The molecule has 0 aromatic heterocycles. The maximum atomic E-state index is 11.5. The van der Waals surface area contributed by atoms with E-state index in [2.05, 4.69) is 6.07 Å². The number of likely N-dealkylation sites (N-methyl/N-ethyl adjacent to an activating group) is 1. The fourth-order valence-corrected chi connectivity index (χ4v) is 1.75. The van der Waals surface area contributed by atoms with E-state index in [4.69, 9.17) is 10.00 Å². The third-order valence-corrected chi connectivity index (χ3v) is 2.88. The Labute approximate surface area is 113 Å². The van der Waals surface area contributed by atoms with Gasteiger partial charge in [-0.2, -0.15) is 5.26 Å². The van der Waals surface area contributed by atoms with Crippen molar-refractivity contribution >= 4 is 11.7 Å². The van der Waals surface area contributed by atoms with Crippen LogP contribution in [0.15, 0.2) is 35.9 Å². The highest BCUT2D eigenvalue weighted by atomic mass is 16.5. The third kappa shape index (κ3) is 3.85. The number of esters is 1. The Bertz CT molecular complexity index is 515. The monoisotopic (exact) mass is 258 g/mol. The first-order valence-electron chi connectivity index (χ1n) is 6.11. The summed E-state index contributed by atoms with van der Waals surface area (Å²) in [5, 5.41) is 9.05. The quantitative estimate of drug-likeness (QED) is 0.601. The topological polar surface area (TPSA) is 53.3 Å². The Morgan fingerprint density at radius 3 is 2.74 bits per heavy atom. The summed E-state index contributed by atoms with van der Waals surface area (Å²) in [5.41, 5.74) is 2.11. The number of carbonyl (C=O) groups is 1. The maximum absolute atomic E-state index is 11.5. The molecule has 4 nitrogen and oxygen atoms in total. The van der Waals surface area contributed by atoms with Gasteiger partial charge in [-0.15, -0.1) is 0 Å². The SMILES string of the molecule is CCC(=CCN(C)c1ccccc1C#N)C(=O)OC. The van der Waals surface area contributed by atoms with Gasteiger partial charge in [0.05, 0.1) is 18.4 Å². The van der Waals surface area contributed by atoms with Crippen molar-refractivity contribution in [2.75, 3.05) is 25.6 Å². The smallest absolute Gasteiger partial charge is 0.333 e. The fourth-order valence-electron chi connectivity index (χ4n) is 1.75. The zero-order valence-electron chi connectivity index (χ0n) is 11.5. The van der Waals surface area contributed by atoms with Gasteiger partial charge in [0, 0.05) is 19.2 Å². The molecule has 4 heteroatoms. The highest BCUT2D eigenvalue weighted by Gasteiger charge is 2.09. The molecule has 1 rings (SSSR count). The second-order valence-electron chi connectivity index (χ2n) is 4.08. The third-order valence-electron chi connectivity index (χ3n) is 2.88. The maximum Gasteiger partial charge on any atom is 0.333 e. The molecule has 0 saturated heterocycles. The van der Waals surface area contributed by atoms with Crippen LogP contribution in [-0.2, 0) is 9.53 Å². The van der Waals surface area contributed by atoms with Crippen molar-refractivity contribution in [2.45, 2.75) is 13.3 Å². The standard InChI is InChI=1S/C15H18N2O2/c1-4-12(15(18)19-3)9-10-17(2)14-8-6-5-7-13(14)11-16/h5-9H,4,10H2,1-3H3. The predicted octanol–water partition coefficient (Wildman–Crippen LogP) is 2.50. The number of benzene rings is 1. The van der Waals surface area contributed by atoms with E-state index in [1.54, 1.807) is 6.07 Å². The van der Waals surface area contributed by atoms with Crippen molar-refractivity contribution in [3.8, 4) is 6.07 Å². The molecule has 100 valence electrons. The minimum absolute atomic E-state index is 0.301. The van der Waals surface area contributed by atoms with E-state index in [1.165, 1.54) is 7.11 Å². The van der Waals surface area contributed by atoms with E-state index in [-0.39, 0.29) is 5.97 Å². The Balaban J connectivity index is 2.85. The molecule has 0 unspecified atom stereocenters. The summed E-state index contributed by atoms with van der Waals surface area (Å²) in [6.07, 6.45) is 2.46. The number of anilines is 1. The van der Waals surface area contributed by atoms with Crippen molar-refractivity contribution in [1.82, 2.24) is 0 Å². The molecule has 19 heavy (non-hydrogen) atoms. The van der Waals surface area contributed by atoms with Gasteiger partial charge in [-0.1, -0.05) is 25.1 Å².